The number of nitrogens with one attached hydrogen (secondary N) is 1. The lowest BCUT2D eigenvalue weighted by Gasteiger charge is -2.48. The maximum Gasteiger partial charge on any atom is 0.254 e. The number of aromatic nitrogens is 2. The summed E-state index contributed by atoms with van der Waals surface area (Å²) in [6.07, 6.45) is 3.75. The Morgan fingerprint density at radius 1 is 1.04 bits per heavy atom. The lowest BCUT2D eigenvalue weighted by molar-refractivity contribution is 0.0246. The number of H-pyrrole nitrogens is 1. The second-order valence-electron chi connectivity index (χ2n) is 7.35. The van der Waals surface area contributed by atoms with Crippen LogP contribution in [0.15, 0.2) is 54.9 Å². The molecule has 2 saturated heterocycles. The molecule has 0 saturated carbocycles. The molecule has 2 aliphatic rings. The Kier molecular flexibility index (Phi) is 4.05. The molecule has 5 rings (SSSR count). The number of hydrogen-bond donors (Lipinski definition) is 1. The molecule has 0 unspecified atom stereocenters. The minimum Gasteiger partial charge on any atom is -0.361 e. The molecule has 138 valence electrons. The van der Waals surface area contributed by atoms with Gasteiger partial charge in [-0.2, -0.15) is 0 Å². The van der Waals surface area contributed by atoms with E-state index in [4.69, 9.17) is 0 Å². The van der Waals surface area contributed by atoms with Crippen molar-refractivity contribution < 1.29 is 4.79 Å². The second-order valence-corrected chi connectivity index (χ2v) is 7.35. The van der Waals surface area contributed by atoms with Gasteiger partial charge in [-0.3, -0.25) is 9.69 Å². The average Bonchev–Trinajstić information content (AvgIpc) is 3.16. The van der Waals surface area contributed by atoms with Crippen molar-refractivity contribution in [3.05, 3.63) is 60.4 Å². The summed E-state index contributed by atoms with van der Waals surface area (Å²) in [5.41, 5.74) is 1.78. The van der Waals surface area contributed by atoms with Crippen LogP contribution >= 0.6 is 0 Å². The van der Waals surface area contributed by atoms with E-state index in [0.717, 1.165) is 61.6 Å². The Balaban J connectivity index is 1.16. The van der Waals surface area contributed by atoms with Crippen LogP contribution in [0.5, 0.6) is 0 Å². The predicted molar refractivity (Wildman–Crippen MR) is 106 cm³/mol. The van der Waals surface area contributed by atoms with Gasteiger partial charge < -0.3 is 14.8 Å². The highest BCUT2D eigenvalue weighted by Gasteiger charge is 2.36. The van der Waals surface area contributed by atoms with Gasteiger partial charge in [-0.05, 0) is 35.7 Å². The van der Waals surface area contributed by atoms with Crippen molar-refractivity contribution in [3.8, 4) is 0 Å². The summed E-state index contributed by atoms with van der Waals surface area (Å²) in [5.74, 6) is 1.19. The molecule has 2 aromatic heterocycles. The fourth-order valence-corrected chi connectivity index (χ4v) is 4.07. The smallest absolute Gasteiger partial charge is 0.254 e. The monoisotopic (exact) mass is 361 g/mol. The number of benzene rings is 1. The maximum atomic E-state index is 12.7. The zero-order valence-electron chi connectivity index (χ0n) is 15.2. The topological polar surface area (TPSA) is 55.5 Å². The minimum atomic E-state index is 0.134. The Hall–Kier alpha value is -2.86. The van der Waals surface area contributed by atoms with E-state index >= 15 is 0 Å². The van der Waals surface area contributed by atoms with Crippen molar-refractivity contribution >= 4 is 22.6 Å². The van der Waals surface area contributed by atoms with Gasteiger partial charge in [-0.1, -0.05) is 12.1 Å². The molecule has 1 N–H and O–H groups in total. The zero-order chi connectivity index (χ0) is 18.2. The van der Waals surface area contributed by atoms with Crippen LogP contribution in [0, 0.1) is 0 Å². The first-order valence-corrected chi connectivity index (χ1v) is 9.54. The van der Waals surface area contributed by atoms with Crippen LogP contribution in [-0.4, -0.2) is 71.0 Å². The molecule has 0 spiro atoms. The third-order valence-electron chi connectivity index (χ3n) is 5.76. The van der Waals surface area contributed by atoms with E-state index < -0.39 is 0 Å². The number of anilines is 1. The predicted octanol–water partition coefficient (Wildman–Crippen LogP) is 2.21. The van der Waals surface area contributed by atoms with E-state index in [-0.39, 0.29) is 5.91 Å². The number of piperazine rings is 1. The zero-order valence-corrected chi connectivity index (χ0v) is 15.2. The molecule has 2 aliphatic heterocycles. The molecule has 0 bridgehead atoms. The Morgan fingerprint density at radius 2 is 1.89 bits per heavy atom. The van der Waals surface area contributed by atoms with Crippen LogP contribution < -0.4 is 4.90 Å². The summed E-state index contributed by atoms with van der Waals surface area (Å²) in [7, 11) is 0. The first-order chi connectivity index (χ1) is 13.3. The normalized spacial score (nSPS) is 18.7. The highest BCUT2D eigenvalue weighted by Crippen LogP contribution is 2.22. The summed E-state index contributed by atoms with van der Waals surface area (Å²) in [6.45, 7) is 5.68. The SMILES string of the molecule is O=C(c1ccc2cc[nH]c2c1)N1CC(N2CCN(c3ccccn3)CC2)C1. The molecule has 3 aromatic rings. The number of hydrogen-bond acceptors (Lipinski definition) is 4. The molecule has 27 heavy (non-hydrogen) atoms. The number of amides is 1. The van der Waals surface area contributed by atoms with Gasteiger partial charge in [0.2, 0.25) is 0 Å². The maximum absolute atomic E-state index is 12.7. The summed E-state index contributed by atoms with van der Waals surface area (Å²) in [6, 6.07) is 14.5. The summed E-state index contributed by atoms with van der Waals surface area (Å²) < 4.78 is 0. The van der Waals surface area contributed by atoms with Crippen molar-refractivity contribution in [1.29, 1.82) is 0 Å². The van der Waals surface area contributed by atoms with Gasteiger partial charge in [0.25, 0.3) is 5.91 Å². The number of rotatable bonds is 3. The fraction of sp³-hybridized carbons (Fsp3) is 0.333. The summed E-state index contributed by atoms with van der Waals surface area (Å²) >= 11 is 0. The van der Waals surface area contributed by atoms with Crippen LogP contribution in [0.3, 0.4) is 0 Å². The lowest BCUT2D eigenvalue weighted by atomic mass is 10.0. The van der Waals surface area contributed by atoms with Crippen molar-refractivity contribution in [2.45, 2.75) is 6.04 Å². The summed E-state index contributed by atoms with van der Waals surface area (Å²) in [4.78, 5) is 27.2. The number of aromatic amines is 1. The molecule has 1 amide bonds. The molecular formula is C21H23N5O. The first-order valence-electron chi connectivity index (χ1n) is 9.54. The highest BCUT2D eigenvalue weighted by atomic mass is 16.2. The van der Waals surface area contributed by atoms with Gasteiger partial charge >= 0.3 is 0 Å². The van der Waals surface area contributed by atoms with Crippen LogP contribution in [0.4, 0.5) is 5.82 Å². The van der Waals surface area contributed by atoms with E-state index in [0.29, 0.717) is 6.04 Å². The van der Waals surface area contributed by atoms with Gasteiger partial charge in [0.1, 0.15) is 5.82 Å². The van der Waals surface area contributed by atoms with Crippen LogP contribution in [-0.2, 0) is 0 Å². The number of carbonyl (C=O) groups is 1. The Bertz CT molecular complexity index is 939. The van der Waals surface area contributed by atoms with Crippen molar-refractivity contribution in [2.75, 3.05) is 44.2 Å². The largest absolute Gasteiger partial charge is 0.361 e. The standard InChI is InChI=1S/C21H23N5O/c27-21(17-5-4-16-6-8-22-19(16)13-17)26-14-18(15-26)24-9-11-25(12-10-24)20-3-1-2-7-23-20/h1-8,13,18,22H,9-12,14-15H2. The third-order valence-corrected chi connectivity index (χ3v) is 5.76. The molecule has 0 atom stereocenters. The number of carbonyl (C=O) groups excluding carboxylic acids is 1. The van der Waals surface area contributed by atoms with Crippen LogP contribution in [0.1, 0.15) is 10.4 Å². The highest BCUT2D eigenvalue weighted by molar-refractivity contribution is 5.98. The quantitative estimate of drug-likeness (QED) is 0.777. The van der Waals surface area contributed by atoms with Crippen LogP contribution in [0.25, 0.3) is 10.9 Å². The number of fused-ring (bicyclic) bond motifs is 1. The van der Waals surface area contributed by atoms with Gasteiger partial charge in [-0.15, -0.1) is 0 Å². The van der Waals surface area contributed by atoms with E-state index in [1.165, 1.54) is 0 Å². The van der Waals surface area contributed by atoms with Gasteiger partial charge in [0.15, 0.2) is 0 Å². The minimum absolute atomic E-state index is 0.134. The number of likely N-dealkylation sites (tertiary alicyclic amines) is 1. The van der Waals surface area contributed by atoms with Crippen molar-refractivity contribution in [2.24, 2.45) is 0 Å². The Labute approximate surface area is 158 Å². The second kappa shape index (κ2) is 6.70. The number of nitrogens with zero attached hydrogens (tertiary/aromatic N) is 4. The van der Waals surface area contributed by atoms with Crippen molar-refractivity contribution in [1.82, 2.24) is 19.8 Å². The molecule has 2 fully saturated rings. The van der Waals surface area contributed by atoms with E-state index in [9.17, 15) is 4.79 Å². The Morgan fingerprint density at radius 3 is 2.67 bits per heavy atom. The van der Waals surface area contributed by atoms with Crippen LogP contribution in [0.2, 0.25) is 0 Å². The molecule has 6 nitrogen and oxygen atoms in total. The molecule has 6 heteroatoms. The number of pyridine rings is 1. The molecule has 0 aliphatic carbocycles. The van der Waals surface area contributed by atoms with Gasteiger partial charge in [0.05, 0.1) is 0 Å². The first kappa shape index (κ1) is 16.3. The lowest BCUT2D eigenvalue weighted by Crippen LogP contribution is -2.64. The molecular weight excluding hydrogens is 338 g/mol. The van der Waals surface area contributed by atoms with E-state index in [1.54, 1.807) is 0 Å². The molecule has 1 aromatic carbocycles. The molecule has 4 heterocycles. The fourth-order valence-electron chi connectivity index (χ4n) is 4.07. The van der Waals surface area contributed by atoms with Gasteiger partial charge in [-0.25, -0.2) is 4.98 Å². The third kappa shape index (κ3) is 3.06. The van der Waals surface area contributed by atoms with Crippen molar-refractivity contribution in [3.63, 3.8) is 0 Å². The molecule has 0 radical (unpaired) electrons. The van der Waals surface area contributed by atoms with E-state index in [2.05, 4.69) is 25.8 Å². The average molecular weight is 361 g/mol. The van der Waals surface area contributed by atoms with Gasteiger partial charge in [0, 0.05) is 68.8 Å². The van der Waals surface area contributed by atoms with E-state index in [1.807, 2.05) is 53.7 Å². The summed E-state index contributed by atoms with van der Waals surface area (Å²) in [5, 5.41) is 1.14.